The van der Waals surface area contributed by atoms with Gasteiger partial charge in [0.05, 0.1) is 23.3 Å². The lowest BCUT2D eigenvalue weighted by Gasteiger charge is -2.42. The molecule has 0 saturated heterocycles. The van der Waals surface area contributed by atoms with E-state index in [9.17, 15) is 24.6 Å². The second kappa shape index (κ2) is 15.4. The first-order valence-electron chi connectivity index (χ1n) is 13.5. The molecule has 0 unspecified atom stereocenters. The molecule has 0 aromatic heterocycles. The number of aliphatic hydroxyl groups is 2. The fourth-order valence-corrected chi connectivity index (χ4v) is 6.03. The number of nitrogens with zero attached hydrogens (tertiary/aromatic N) is 1. The third-order valence-corrected chi connectivity index (χ3v) is 8.12. The Morgan fingerprint density at radius 2 is 2.00 bits per heavy atom. The van der Waals surface area contributed by atoms with Gasteiger partial charge in [-0.2, -0.15) is 0 Å². The second-order valence-electron chi connectivity index (χ2n) is 10.0. The molecule has 10 heteroatoms. The molecule has 214 valence electrons. The topological polar surface area (TPSA) is 125 Å². The quantitative estimate of drug-likeness (QED) is 0.169. The molecule has 1 saturated carbocycles. The number of benzene rings is 1. The summed E-state index contributed by atoms with van der Waals surface area (Å²) in [5.74, 6) is 0.495. The van der Waals surface area contributed by atoms with Crippen molar-refractivity contribution in [2.45, 2.75) is 69.6 Å². The Balaban J connectivity index is 1.99. The van der Waals surface area contributed by atoms with E-state index in [-0.39, 0.29) is 37.8 Å². The van der Waals surface area contributed by atoms with Gasteiger partial charge in [0.1, 0.15) is 18.5 Å². The van der Waals surface area contributed by atoms with E-state index in [1.165, 1.54) is 13.5 Å². The number of ether oxygens (including phenoxy) is 2. The highest BCUT2D eigenvalue weighted by Gasteiger charge is 2.41. The van der Waals surface area contributed by atoms with Crippen molar-refractivity contribution >= 4 is 40.7 Å². The molecular formula is C29H39IN2O7. The van der Waals surface area contributed by atoms with E-state index in [1.807, 2.05) is 22.6 Å². The van der Waals surface area contributed by atoms with Crippen LogP contribution in [-0.4, -0.2) is 78.3 Å². The summed E-state index contributed by atoms with van der Waals surface area (Å²) < 4.78 is 12.3. The van der Waals surface area contributed by atoms with E-state index < -0.39 is 18.2 Å². The second-order valence-corrected chi connectivity index (χ2v) is 11.2. The number of halogens is 1. The zero-order valence-electron chi connectivity index (χ0n) is 22.4. The summed E-state index contributed by atoms with van der Waals surface area (Å²) in [5.41, 5.74) is 0.782. The molecule has 0 heterocycles. The Bertz CT molecular complexity index is 1050. The SMILES string of the molecule is C=CCCC(=O)N(CC1CCCCC1)[C@@H]1CC(C(=O)NCCO)=C[C@H](Oc2c(I)cc(C=O)cc2OC)[C@H]1O. The Kier molecular flexibility index (Phi) is 12.3. The highest BCUT2D eigenvalue weighted by atomic mass is 127. The number of aldehydes is 1. The van der Waals surface area contributed by atoms with Crippen molar-refractivity contribution in [2.75, 3.05) is 26.8 Å². The first-order chi connectivity index (χ1) is 18.8. The number of hydrogen-bond donors (Lipinski definition) is 3. The van der Waals surface area contributed by atoms with Crippen molar-refractivity contribution in [3.8, 4) is 11.5 Å². The van der Waals surface area contributed by atoms with E-state index in [0.29, 0.717) is 51.4 Å². The molecule has 2 amide bonds. The van der Waals surface area contributed by atoms with Gasteiger partial charge in [-0.15, -0.1) is 6.58 Å². The molecule has 2 aliphatic carbocycles. The summed E-state index contributed by atoms with van der Waals surface area (Å²) in [6.45, 7) is 4.11. The molecular weight excluding hydrogens is 615 g/mol. The van der Waals surface area contributed by atoms with Crippen LogP contribution in [0, 0.1) is 9.49 Å². The Morgan fingerprint density at radius 1 is 1.26 bits per heavy atom. The van der Waals surface area contributed by atoms with E-state index in [0.717, 1.165) is 25.7 Å². The number of carbonyl (C=O) groups is 3. The molecule has 3 N–H and O–H groups in total. The number of methoxy groups -OCH3 is 1. The van der Waals surface area contributed by atoms with E-state index >= 15 is 0 Å². The fraction of sp³-hybridized carbons (Fsp3) is 0.552. The first-order valence-corrected chi connectivity index (χ1v) is 14.6. The number of rotatable bonds is 13. The molecule has 1 fully saturated rings. The average molecular weight is 655 g/mol. The number of aliphatic hydroxyl groups excluding tert-OH is 2. The number of nitrogens with one attached hydrogen (secondary N) is 1. The fourth-order valence-electron chi connectivity index (χ4n) is 5.28. The minimum atomic E-state index is -1.12. The summed E-state index contributed by atoms with van der Waals surface area (Å²) >= 11 is 2.03. The largest absolute Gasteiger partial charge is 0.493 e. The molecule has 3 rings (SSSR count). The van der Waals surface area contributed by atoms with Crippen LogP contribution in [0.3, 0.4) is 0 Å². The summed E-state index contributed by atoms with van der Waals surface area (Å²) in [4.78, 5) is 39.6. The van der Waals surface area contributed by atoms with Crippen LogP contribution in [0.5, 0.6) is 11.5 Å². The van der Waals surface area contributed by atoms with E-state index in [1.54, 1.807) is 29.2 Å². The Labute approximate surface area is 243 Å². The van der Waals surface area contributed by atoms with Gasteiger partial charge >= 0.3 is 0 Å². The summed E-state index contributed by atoms with van der Waals surface area (Å²) in [7, 11) is 1.46. The van der Waals surface area contributed by atoms with Gasteiger partial charge in [-0.3, -0.25) is 14.4 Å². The number of allylic oxidation sites excluding steroid dienone is 1. The lowest BCUT2D eigenvalue weighted by molar-refractivity contribution is -0.139. The smallest absolute Gasteiger partial charge is 0.247 e. The van der Waals surface area contributed by atoms with Gasteiger partial charge in [-0.25, -0.2) is 0 Å². The Hall–Kier alpha value is -2.44. The maximum Gasteiger partial charge on any atom is 0.247 e. The molecule has 0 radical (unpaired) electrons. The summed E-state index contributed by atoms with van der Waals surface area (Å²) in [5, 5.41) is 23.5. The molecule has 1 aromatic carbocycles. The van der Waals surface area contributed by atoms with Gasteiger partial charge in [-0.1, -0.05) is 25.3 Å². The van der Waals surface area contributed by atoms with Crippen LogP contribution in [0.2, 0.25) is 0 Å². The van der Waals surface area contributed by atoms with Crippen LogP contribution < -0.4 is 14.8 Å². The van der Waals surface area contributed by atoms with Crippen LogP contribution in [0.4, 0.5) is 0 Å². The minimum absolute atomic E-state index is 0.0812. The first kappa shape index (κ1) is 31.1. The van der Waals surface area contributed by atoms with E-state index in [4.69, 9.17) is 9.47 Å². The van der Waals surface area contributed by atoms with Crippen molar-refractivity contribution in [3.05, 3.63) is 45.6 Å². The average Bonchev–Trinajstić information content (AvgIpc) is 2.95. The maximum absolute atomic E-state index is 13.5. The summed E-state index contributed by atoms with van der Waals surface area (Å²) in [6, 6.07) is 2.50. The Morgan fingerprint density at radius 3 is 2.64 bits per heavy atom. The molecule has 3 atom stereocenters. The lowest BCUT2D eigenvalue weighted by atomic mass is 9.85. The van der Waals surface area contributed by atoms with E-state index in [2.05, 4.69) is 11.9 Å². The summed E-state index contributed by atoms with van der Waals surface area (Å²) in [6.07, 6.45) is 8.28. The standard InChI is InChI=1S/C29H39IN2O7/c1-3-4-10-26(35)32(17-19-8-6-5-7-9-19)23-15-21(29(37)31-11-12-33)16-24(27(23)36)39-28-22(30)13-20(18-34)14-25(28)38-2/h3,13-14,16,18-19,23-24,27,33,36H,1,4-12,15,17H2,2H3,(H,31,37)/t23-,24+,27+/m1/s1. The van der Waals surface area contributed by atoms with Crippen LogP contribution in [-0.2, 0) is 9.59 Å². The number of carbonyl (C=O) groups excluding carboxylic acids is 3. The molecule has 0 aliphatic heterocycles. The molecule has 2 aliphatic rings. The predicted octanol–water partition coefficient (Wildman–Crippen LogP) is 3.40. The van der Waals surface area contributed by atoms with Crippen molar-refractivity contribution < 1.29 is 34.1 Å². The highest BCUT2D eigenvalue weighted by Crippen LogP contribution is 2.37. The zero-order chi connectivity index (χ0) is 28.4. The number of hydrogen-bond acceptors (Lipinski definition) is 7. The third-order valence-electron chi connectivity index (χ3n) is 7.32. The third kappa shape index (κ3) is 8.28. The van der Waals surface area contributed by atoms with Crippen LogP contribution in [0.25, 0.3) is 0 Å². The molecule has 0 bridgehead atoms. The van der Waals surface area contributed by atoms with Gasteiger partial charge < -0.3 is 29.9 Å². The van der Waals surface area contributed by atoms with Gasteiger partial charge in [-0.05, 0) is 66.0 Å². The highest BCUT2D eigenvalue weighted by molar-refractivity contribution is 14.1. The minimum Gasteiger partial charge on any atom is -0.493 e. The van der Waals surface area contributed by atoms with Crippen molar-refractivity contribution in [1.29, 1.82) is 0 Å². The number of amides is 2. The van der Waals surface area contributed by atoms with Crippen molar-refractivity contribution in [3.63, 3.8) is 0 Å². The van der Waals surface area contributed by atoms with Crippen molar-refractivity contribution in [2.24, 2.45) is 5.92 Å². The van der Waals surface area contributed by atoms with Gasteiger partial charge in [0.15, 0.2) is 11.5 Å². The normalized spacial score (nSPS) is 21.4. The van der Waals surface area contributed by atoms with Crippen molar-refractivity contribution in [1.82, 2.24) is 10.2 Å². The van der Waals surface area contributed by atoms with Crippen LogP contribution in [0.15, 0.2) is 36.4 Å². The molecule has 0 spiro atoms. The molecule has 1 aromatic rings. The van der Waals surface area contributed by atoms with Crippen LogP contribution in [0.1, 0.15) is 61.7 Å². The maximum atomic E-state index is 13.5. The predicted molar refractivity (Wildman–Crippen MR) is 156 cm³/mol. The monoisotopic (exact) mass is 654 g/mol. The molecule has 9 nitrogen and oxygen atoms in total. The molecule has 39 heavy (non-hydrogen) atoms. The zero-order valence-corrected chi connectivity index (χ0v) is 24.6. The van der Waals surface area contributed by atoms with Crippen LogP contribution >= 0.6 is 22.6 Å². The lowest BCUT2D eigenvalue weighted by Crippen LogP contribution is -2.56. The van der Waals surface area contributed by atoms with Gasteiger partial charge in [0.25, 0.3) is 0 Å². The van der Waals surface area contributed by atoms with Gasteiger partial charge in [0.2, 0.25) is 11.8 Å². The van der Waals surface area contributed by atoms with Gasteiger partial charge in [0, 0.05) is 37.1 Å².